The predicted octanol–water partition coefficient (Wildman–Crippen LogP) is 4.29. The van der Waals surface area contributed by atoms with Gasteiger partial charge in [0.05, 0.1) is 38.9 Å². The molecule has 0 unspecified atom stereocenters. The third-order valence-electron chi connectivity index (χ3n) is 4.89. The van der Waals surface area contributed by atoms with Crippen LogP contribution in [0, 0.1) is 0 Å². The van der Waals surface area contributed by atoms with Crippen molar-refractivity contribution in [3.63, 3.8) is 0 Å². The van der Waals surface area contributed by atoms with Crippen LogP contribution >= 0.6 is 0 Å². The van der Waals surface area contributed by atoms with Crippen molar-refractivity contribution in [1.29, 1.82) is 0 Å². The quantitative estimate of drug-likeness (QED) is 0.447. The molecule has 7 nitrogen and oxygen atoms in total. The van der Waals surface area contributed by atoms with Crippen LogP contribution in [0.1, 0.15) is 17.3 Å². The van der Waals surface area contributed by atoms with E-state index in [4.69, 9.17) is 19.3 Å². The van der Waals surface area contributed by atoms with Gasteiger partial charge in [0, 0.05) is 16.7 Å². The summed E-state index contributed by atoms with van der Waals surface area (Å²) in [6.07, 6.45) is 1.75. The lowest BCUT2D eigenvalue weighted by molar-refractivity contribution is 0.101. The van der Waals surface area contributed by atoms with Crippen LogP contribution in [0.3, 0.4) is 0 Å². The molecule has 0 spiro atoms. The number of carbonyl (C=O) groups excluding carboxylic acids is 1. The monoisotopic (exact) mass is 403 g/mol. The van der Waals surface area contributed by atoms with E-state index in [1.807, 2.05) is 42.5 Å². The lowest BCUT2D eigenvalue weighted by Crippen LogP contribution is -1.99. The van der Waals surface area contributed by atoms with Gasteiger partial charge in [-0.15, -0.1) is 0 Å². The number of ketones is 1. The van der Waals surface area contributed by atoms with Gasteiger partial charge >= 0.3 is 0 Å². The fraction of sp³-hybridized carbons (Fsp3) is 0.174. The fourth-order valence-electron chi connectivity index (χ4n) is 3.35. The summed E-state index contributed by atoms with van der Waals surface area (Å²) in [5.41, 5.74) is 4.53. The highest BCUT2D eigenvalue weighted by Crippen LogP contribution is 2.40. The summed E-state index contributed by atoms with van der Waals surface area (Å²) in [6.45, 7) is 1.55. The van der Waals surface area contributed by atoms with Crippen molar-refractivity contribution in [2.24, 2.45) is 0 Å². The first-order valence-corrected chi connectivity index (χ1v) is 9.32. The molecule has 2 heterocycles. The number of fused-ring (bicyclic) bond motifs is 1. The summed E-state index contributed by atoms with van der Waals surface area (Å²) < 4.78 is 18.1. The summed E-state index contributed by atoms with van der Waals surface area (Å²) >= 11 is 0. The second-order valence-corrected chi connectivity index (χ2v) is 6.68. The first-order valence-electron chi connectivity index (χ1n) is 9.32. The van der Waals surface area contributed by atoms with E-state index >= 15 is 0 Å². The molecule has 0 aliphatic carbocycles. The van der Waals surface area contributed by atoms with Gasteiger partial charge in [0.15, 0.2) is 22.9 Å². The average Bonchev–Trinajstić information content (AvgIpc) is 3.21. The van der Waals surface area contributed by atoms with Crippen molar-refractivity contribution < 1.29 is 19.0 Å². The Morgan fingerprint density at radius 1 is 0.900 bits per heavy atom. The van der Waals surface area contributed by atoms with Crippen LogP contribution in [0.2, 0.25) is 0 Å². The molecule has 0 fully saturated rings. The molecule has 152 valence electrons. The summed E-state index contributed by atoms with van der Waals surface area (Å²) in [6, 6.07) is 14.9. The van der Waals surface area contributed by atoms with E-state index < -0.39 is 0 Å². The Morgan fingerprint density at radius 3 is 2.27 bits per heavy atom. The Kier molecular flexibility index (Phi) is 5.10. The van der Waals surface area contributed by atoms with E-state index in [1.165, 1.54) is 0 Å². The van der Waals surface area contributed by atoms with Crippen LogP contribution in [-0.2, 0) is 0 Å². The number of carbonyl (C=O) groups is 1. The van der Waals surface area contributed by atoms with E-state index in [0.29, 0.717) is 34.2 Å². The molecule has 30 heavy (non-hydrogen) atoms. The summed E-state index contributed by atoms with van der Waals surface area (Å²) in [5, 5.41) is 4.78. The Morgan fingerprint density at radius 2 is 1.63 bits per heavy atom. The van der Waals surface area contributed by atoms with Crippen LogP contribution in [0.5, 0.6) is 17.2 Å². The third kappa shape index (κ3) is 3.34. The van der Waals surface area contributed by atoms with E-state index in [9.17, 15) is 4.79 Å². The number of benzene rings is 2. The lowest BCUT2D eigenvalue weighted by atomic mass is 10.1. The number of methoxy groups -OCH3 is 3. The summed E-state index contributed by atoms with van der Waals surface area (Å²) in [5.74, 6) is 1.63. The number of hydrogen-bond donors (Lipinski definition) is 0. The first-order chi connectivity index (χ1) is 14.5. The zero-order valence-electron chi connectivity index (χ0n) is 17.2. The third-order valence-corrected chi connectivity index (χ3v) is 4.89. The number of imidazole rings is 1. The summed E-state index contributed by atoms with van der Waals surface area (Å²) in [7, 11) is 4.72. The van der Waals surface area contributed by atoms with Crippen molar-refractivity contribution in [1.82, 2.24) is 14.6 Å². The van der Waals surface area contributed by atoms with E-state index in [0.717, 1.165) is 16.8 Å². The van der Waals surface area contributed by atoms with Gasteiger partial charge in [-0.3, -0.25) is 4.79 Å². The van der Waals surface area contributed by atoms with Gasteiger partial charge in [0.25, 0.3) is 0 Å². The van der Waals surface area contributed by atoms with Crippen LogP contribution in [0.25, 0.3) is 28.2 Å². The molecule has 0 N–H and O–H groups in total. The summed E-state index contributed by atoms with van der Waals surface area (Å²) in [4.78, 5) is 16.2. The van der Waals surface area contributed by atoms with Gasteiger partial charge in [-0.1, -0.05) is 18.2 Å². The number of aromatic nitrogens is 3. The number of hydrogen-bond acceptors (Lipinski definition) is 6. The normalized spacial score (nSPS) is 10.8. The van der Waals surface area contributed by atoms with Crippen molar-refractivity contribution in [2.45, 2.75) is 6.92 Å². The molecule has 0 atom stereocenters. The van der Waals surface area contributed by atoms with Gasteiger partial charge in [-0.25, -0.2) is 9.50 Å². The van der Waals surface area contributed by atoms with Crippen molar-refractivity contribution in [3.05, 3.63) is 60.3 Å². The maximum atomic E-state index is 11.8. The van der Waals surface area contributed by atoms with Gasteiger partial charge in [0.2, 0.25) is 5.75 Å². The highest BCUT2D eigenvalue weighted by molar-refractivity contribution is 5.95. The molecule has 0 saturated heterocycles. The maximum absolute atomic E-state index is 11.8. The Balaban J connectivity index is 1.86. The minimum atomic E-state index is 0.0109. The van der Waals surface area contributed by atoms with Crippen LogP contribution in [0.15, 0.2) is 54.7 Å². The second-order valence-electron chi connectivity index (χ2n) is 6.68. The van der Waals surface area contributed by atoms with Gasteiger partial charge < -0.3 is 14.2 Å². The number of rotatable bonds is 6. The number of ether oxygens (including phenoxy) is 3. The molecule has 7 heteroatoms. The van der Waals surface area contributed by atoms with Gasteiger partial charge in [0.1, 0.15) is 0 Å². The van der Waals surface area contributed by atoms with Crippen LogP contribution < -0.4 is 14.2 Å². The zero-order valence-corrected chi connectivity index (χ0v) is 17.2. The van der Waals surface area contributed by atoms with Crippen LogP contribution in [0.4, 0.5) is 0 Å². The van der Waals surface area contributed by atoms with Gasteiger partial charge in [-0.2, -0.15) is 5.10 Å². The van der Waals surface area contributed by atoms with Crippen molar-refractivity contribution in [2.75, 3.05) is 21.3 Å². The predicted molar refractivity (Wildman–Crippen MR) is 114 cm³/mol. The molecule has 0 bridgehead atoms. The second kappa shape index (κ2) is 7.87. The number of nitrogens with zero attached hydrogens (tertiary/aromatic N) is 3. The molecule has 2 aromatic carbocycles. The highest BCUT2D eigenvalue weighted by atomic mass is 16.5. The minimum Gasteiger partial charge on any atom is -0.493 e. The standard InChI is InChI=1S/C23H21N3O4/c1-14(27)15-6-5-7-16(10-15)19-13-24-22-9-8-18(25-26(19)22)17-11-20(28-2)23(30-4)21(12-17)29-3/h5-13H,1-4H3. The lowest BCUT2D eigenvalue weighted by Gasteiger charge is -2.14. The molecule has 0 saturated carbocycles. The minimum absolute atomic E-state index is 0.0109. The molecule has 2 aromatic heterocycles. The molecular formula is C23H21N3O4. The van der Waals surface area contributed by atoms with Crippen molar-refractivity contribution >= 4 is 11.4 Å². The fourth-order valence-corrected chi connectivity index (χ4v) is 3.35. The molecule has 4 rings (SSSR count). The Bertz CT molecular complexity index is 1220. The Labute approximate surface area is 173 Å². The zero-order chi connectivity index (χ0) is 21.3. The van der Waals surface area contributed by atoms with Crippen LogP contribution in [-0.4, -0.2) is 41.7 Å². The first kappa shape index (κ1) is 19.4. The van der Waals surface area contributed by atoms with Crippen molar-refractivity contribution in [3.8, 4) is 39.8 Å². The van der Waals surface area contributed by atoms with E-state index in [1.54, 1.807) is 45.0 Å². The average molecular weight is 403 g/mol. The van der Waals surface area contributed by atoms with Gasteiger partial charge in [-0.05, 0) is 37.3 Å². The molecule has 0 aliphatic rings. The topological polar surface area (TPSA) is 75.0 Å². The molecular weight excluding hydrogens is 382 g/mol. The van der Waals surface area contributed by atoms with E-state index in [2.05, 4.69) is 4.98 Å². The SMILES string of the molecule is COc1cc(-c2ccc3ncc(-c4cccc(C(C)=O)c4)n3n2)cc(OC)c1OC. The molecule has 0 aliphatic heterocycles. The van der Waals surface area contributed by atoms with E-state index in [-0.39, 0.29) is 5.78 Å². The largest absolute Gasteiger partial charge is 0.493 e. The smallest absolute Gasteiger partial charge is 0.203 e. The maximum Gasteiger partial charge on any atom is 0.203 e. The highest BCUT2D eigenvalue weighted by Gasteiger charge is 2.16. The Hall–Kier alpha value is -3.87. The molecule has 0 amide bonds. The number of Topliss-reactive ketones (excluding diaryl/α,β-unsaturated/α-hetero) is 1. The molecule has 4 aromatic rings. The molecule has 0 radical (unpaired) electrons.